The minimum absolute atomic E-state index is 0.378. The molecule has 0 spiro atoms. The molecule has 0 aliphatic carbocycles. The third kappa shape index (κ3) is 2.39. The van der Waals surface area contributed by atoms with Gasteiger partial charge in [0.1, 0.15) is 5.03 Å². The van der Waals surface area contributed by atoms with E-state index in [2.05, 4.69) is 15.0 Å². The second-order valence-corrected chi connectivity index (χ2v) is 4.96. The molecule has 0 amide bonds. The molecule has 0 aromatic carbocycles. The molecule has 0 radical (unpaired) electrons. The van der Waals surface area contributed by atoms with E-state index in [1.54, 1.807) is 7.11 Å². The largest absolute Gasteiger partial charge is 0.467 e. The van der Waals surface area contributed by atoms with Crippen molar-refractivity contribution in [1.82, 2.24) is 19.4 Å². The van der Waals surface area contributed by atoms with Crippen LogP contribution >= 0.6 is 11.8 Å². The monoisotopic (exact) mass is 272 g/mol. The Morgan fingerprint density at radius 2 is 2.16 bits per heavy atom. The van der Waals surface area contributed by atoms with Crippen molar-refractivity contribution in [1.29, 1.82) is 0 Å². The summed E-state index contributed by atoms with van der Waals surface area (Å²) in [6.07, 6.45) is 3.82. The molecule has 5 nitrogen and oxygen atoms in total. The Morgan fingerprint density at radius 1 is 1.26 bits per heavy atom. The topological polar surface area (TPSA) is 52.3 Å². The predicted molar refractivity (Wildman–Crippen MR) is 72.6 cm³/mol. The lowest BCUT2D eigenvalue weighted by Gasteiger charge is -2.04. The van der Waals surface area contributed by atoms with Gasteiger partial charge in [0, 0.05) is 11.9 Å². The number of pyridine rings is 1. The first-order chi connectivity index (χ1) is 9.26. The van der Waals surface area contributed by atoms with E-state index in [-0.39, 0.29) is 0 Å². The SMILES string of the molecule is COc1nc(C)cc(Sc2ncc3ccccn23)n1. The molecular weight excluding hydrogens is 260 g/mol. The zero-order valence-electron chi connectivity index (χ0n) is 10.6. The highest BCUT2D eigenvalue weighted by Crippen LogP contribution is 2.27. The van der Waals surface area contributed by atoms with Crippen molar-refractivity contribution in [2.45, 2.75) is 17.1 Å². The lowest BCUT2D eigenvalue weighted by Crippen LogP contribution is -1.96. The fourth-order valence-electron chi connectivity index (χ4n) is 1.75. The van der Waals surface area contributed by atoms with Crippen LogP contribution in [0.5, 0.6) is 6.01 Å². The van der Waals surface area contributed by atoms with Gasteiger partial charge in [0.05, 0.1) is 18.8 Å². The van der Waals surface area contributed by atoms with E-state index in [0.29, 0.717) is 6.01 Å². The lowest BCUT2D eigenvalue weighted by atomic mass is 10.4. The third-order valence-corrected chi connectivity index (χ3v) is 3.50. The fourth-order valence-corrected chi connectivity index (χ4v) is 2.66. The van der Waals surface area contributed by atoms with E-state index in [9.17, 15) is 0 Å². The maximum absolute atomic E-state index is 5.08. The fraction of sp³-hybridized carbons (Fsp3) is 0.154. The number of hydrogen-bond acceptors (Lipinski definition) is 5. The average molecular weight is 272 g/mol. The van der Waals surface area contributed by atoms with Crippen LogP contribution in [0, 0.1) is 6.92 Å². The van der Waals surface area contributed by atoms with Crippen molar-refractivity contribution in [2.75, 3.05) is 7.11 Å². The van der Waals surface area contributed by atoms with Crippen LogP contribution in [-0.2, 0) is 0 Å². The van der Waals surface area contributed by atoms with E-state index < -0.39 is 0 Å². The summed E-state index contributed by atoms with van der Waals surface area (Å²) in [5, 5.41) is 1.69. The third-order valence-electron chi connectivity index (χ3n) is 2.59. The summed E-state index contributed by atoms with van der Waals surface area (Å²) in [6, 6.07) is 8.27. The average Bonchev–Trinajstić information content (AvgIpc) is 2.82. The van der Waals surface area contributed by atoms with Gasteiger partial charge in [0.15, 0.2) is 5.16 Å². The predicted octanol–water partition coefficient (Wildman–Crippen LogP) is 2.59. The second kappa shape index (κ2) is 4.89. The number of rotatable bonds is 3. The molecule has 3 rings (SSSR count). The van der Waals surface area contributed by atoms with Gasteiger partial charge in [0.2, 0.25) is 0 Å². The number of hydrogen-bond donors (Lipinski definition) is 0. The summed E-state index contributed by atoms with van der Waals surface area (Å²) in [5.74, 6) is 0. The Morgan fingerprint density at radius 3 is 3.00 bits per heavy atom. The van der Waals surface area contributed by atoms with Crippen LogP contribution in [0.4, 0.5) is 0 Å². The molecular formula is C13H12N4OS. The van der Waals surface area contributed by atoms with Crippen molar-refractivity contribution in [3.8, 4) is 6.01 Å². The molecule has 0 aliphatic heterocycles. The normalized spacial score (nSPS) is 10.8. The molecule has 0 N–H and O–H groups in total. The van der Waals surface area contributed by atoms with E-state index in [4.69, 9.17) is 4.74 Å². The molecule has 3 aromatic rings. The number of imidazole rings is 1. The van der Waals surface area contributed by atoms with Crippen LogP contribution in [0.2, 0.25) is 0 Å². The minimum atomic E-state index is 0.378. The molecule has 0 saturated carbocycles. The molecule has 19 heavy (non-hydrogen) atoms. The van der Waals surface area contributed by atoms with Gasteiger partial charge >= 0.3 is 6.01 Å². The molecule has 96 valence electrons. The molecule has 6 heteroatoms. The molecule has 0 bridgehead atoms. The van der Waals surface area contributed by atoms with Crippen LogP contribution in [0.25, 0.3) is 5.52 Å². The van der Waals surface area contributed by atoms with Crippen LogP contribution < -0.4 is 4.74 Å². The van der Waals surface area contributed by atoms with Gasteiger partial charge in [-0.3, -0.25) is 4.40 Å². The number of fused-ring (bicyclic) bond motifs is 1. The minimum Gasteiger partial charge on any atom is -0.467 e. The van der Waals surface area contributed by atoms with E-state index in [1.807, 2.05) is 48.0 Å². The van der Waals surface area contributed by atoms with Crippen molar-refractivity contribution in [2.24, 2.45) is 0 Å². The number of aromatic nitrogens is 4. The van der Waals surface area contributed by atoms with Gasteiger partial charge in [-0.15, -0.1) is 0 Å². The van der Waals surface area contributed by atoms with Crippen molar-refractivity contribution >= 4 is 17.3 Å². The highest BCUT2D eigenvalue weighted by atomic mass is 32.2. The van der Waals surface area contributed by atoms with Crippen LogP contribution in [-0.4, -0.2) is 26.5 Å². The molecule has 0 saturated heterocycles. The summed E-state index contributed by atoms with van der Waals surface area (Å²) in [6.45, 7) is 1.91. The first-order valence-electron chi connectivity index (χ1n) is 5.76. The van der Waals surface area contributed by atoms with Crippen molar-refractivity contribution in [3.63, 3.8) is 0 Å². The summed E-state index contributed by atoms with van der Waals surface area (Å²) in [7, 11) is 1.56. The molecule has 0 fully saturated rings. The van der Waals surface area contributed by atoms with E-state index >= 15 is 0 Å². The van der Waals surface area contributed by atoms with Gasteiger partial charge in [-0.1, -0.05) is 6.07 Å². The summed E-state index contributed by atoms with van der Waals surface area (Å²) >= 11 is 1.49. The number of ether oxygens (including phenoxy) is 1. The molecule has 3 aromatic heterocycles. The lowest BCUT2D eigenvalue weighted by molar-refractivity contribution is 0.375. The Labute approximate surface area is 114 Å². The molecule has 3 heterocycles. The van der Waals surface area contributed by atoms with Gasteiger partial charge in [-0.2, -0.15) is 4.98 Å². The summed E-state index contributed by atoms with van der Waals surface area (Å²) < 4.78 is 7.10. The highest BCUT2D eigenvalue weighted by molar-refractivity contribution is 7.99. The molecule has 0 unspecified atom stereocenters. The second-order valence-electron chi connectivity index (χ2n) is 3.97. The Hall–Kier alpha value is -2.08. The Kier molecular flexibility index (Phi) is 3.08. The zero-order chi connectivity index (χ0) is 13.2. The quantitative estimate of drug-likeness (QED) is 0.686. The van der Waals surface area contributed by atoms with Crippen LogP contribution in [0.3, 0.4) is 0 Å². The molecule has 0 atom stereocenters. The van der Waals surface area contributed by atoms with Gasteiger partial charge in [0.25, 0.3) is 0 Å². The zero-order valence-corrected chi connectivity index (χ0v) is 11.4. The molecule has 0 aliphatic rings. The Bertz CT molecular complexity index is 725. The first kappa shape index (κ1) is 12.0. The highest BCUT2D eigenvalue weighted by Gasteiger charge is 2.08. The standard InChI is InChI=1S/C13H12N4OS/c1-9-7-11(16-12(15-9)18-2)19-13-14-8-10-5-3-4-6-17(10)13/h3-8H,1-2H3. The summed E-state index contributed by atoms with van der Waals surface area (Å²) in [4.78, 5) is 12.9. The van der Waals surface area contributed by atoms with Crippen LogP contribution in [0.1, 0.15) is 5.69 Å². The van der Waals surface area contributed by atoms with E-state index in [0.717, 1.165) is 21.4 Å². The van der Waals surface area contributed by atoms with Gasteiger partial charge in [-0.05, 0) is 36.9 Å². The van der Waals surface area contributed by atoms with Crippen molar-refractivity contribution < 1.29 is 4.74 Å². The van der Waals surface area contributed by atoms with Gasteiger partial charge in [-0.25, -0.2) is 9.97 Å². The number of nitrogens with zero attached hydrogens (tertiary/aromatic N) is 4. The maximum atomic E-state index is 5.08. The van der Waals surface area contributed by atoms with E-state index in [1.165, 1.54) is 11.8 Å². The maximum Gasteiger partial charge on any atom is 0.317 e. The number of methoxy groups -OCH3 is 1. The summed E-state index contributed by atoms with van der Waals surface area (Å²) in [5.41, 5.74) is 1.93. The van der Waals surface area contributed by atoms with Crippen LogP contribution in [0.15, 0.2) is 46.8 Å². The number of aryl methyl sites for hydroxylation is 1. The Balaban J connectivity index is 1.99. The smallest absolute Gasteiger partial charge is 0.317 e. The van der Waals surface area contributed by atoms with Crippen molar-refractivity contribution in [3.05, 3.63) is 42.4 Å². The van der Waals surface area contributed by atoms with Gasteiger partial charge < -0.3 is 4.74 Å². The first-order valence-corrected chi connectivity index (χ1v) is 6.57.